The summed E-state index contributed by atoms with van der Waals surface area (Å²) in [5.41, 5.74) is 7.10. The van der Waals surface area contributed by atoms with Crippen LogP contribution < -0.4 is 10.2 Å². The summed E-state index contributed by atoms with van der Waals surface area (Å²) in [5, 5.41) is 2.99. The summed E-state index contributed by atoms with van der Waals surface area (Å²) in [6.07, 6.45) is 2.70. The van der Waals surface area contributed by atoms with E-state index in [2.05, 4.69) is 61.6 Å². The van der Waals surface area contributed by atoms with E-state index in [0.717, 1.165) is 28.1 Å². The third kappa shape index (κ3) is 6.06. The minimum atomic E-state index is -0.0994. The smallest absolute Gasteiger partial charge is 0.265 e. The van der Waals surface area contributed by atoms with Gasteiger partial charge in [0.1, 0.15) is 0 Å². The van der Waals surface area contributed by atoms with Crippen molar-refractivity contribution < 1.29 is 9.59 Å². The lowest BCUT2D eigenvalue weighted by molar-refractivity contribution is -0.114. The Morgan fingerprint density at radius 2 is 1.61 bits per heavy atom. The first-order valence-electron chi connectivity index (χ1n) is 12.8. The fraction of sp³-hybridized carbons (Fsp3) is 0.152. The van der Waals surface area contributed by atoms with E-state index in [1.54, 1.807) is 0 Å². The van der Waals surface area contributed by atoms with Crippen molar-refractivity contribution in [1.82, 2.24) is 5.32 Å². The van der Waals surface area contributed by atoms with E-state index < -0.39 is 0 Å². The number of aryl methyl sites for hydroxylation is 2. The number of anilines is 1. The maximum atomic E-state index is 13.6. The standard InChI is InChI=1S/C33H30N2O2S/c1-23-10-12-25(13-11-23)18-19-34-32(36)28-16-14-26(15-17-28)21-31-33(37)35(22-27-7-5-6-24(2)20-27)29-8-3-4-9-30(29)38-31/h3-17,20-21H,18-19,22H2,1-2H3,(H,34,36). The van der Waals surface area contributed by atoms with E-state index in [4.69, 9.17) is 0 Å². The Morgan fingerprint density at radius 1 is 0.842 bits per heavy atom. The maximum Gasteiger partial charge on any atom is 0.265 e. The van der Waals surface area contributed by atoms with Crippen LogP contribution in [0, 0.1) is 13.8 Å². The molecule has 0 spiro atoms. The molecule has 0 radical (unpaired) electrons. The predicted molar refractivity (Wildman–Crippen MR) is 156 cm³/mol. The number of thioether (sulfide) groups is 1. The molecule has 1 aliphatic rings. The lowest BCUT2D eigenvalue weighted by atomic mass is 10.1. The molecule has 0 aromatic heterocycles. The molecule has 1 N–H and O–H groups in total. The first-order chi connectivity index (χ1) is 18.5. The van der Waals surface area contributed by atoms with Crippen molar-refractivity contribution in [3.8, 4) is 0 Å². The number of benzene rings is 4. The molecule has 0 fully saturated rings. The molecule has 0 atom stereocenters. The van der Waals surface area contributed by atoms with E-state index >= 15 is 0 Å². The number of rotatable bonds is 7. The second kappa shape index (κ2) is 11.5. The maximum absolute atomic E-state index is 13.6. The van der Waals surface area contributed by atoms with E-state index in [1.165, 1.54) is 28.5 Å². The molecular formula is C33H30N2O2S. The SMILES string of the molecule is Cc1ccc(CCNC(=O)c2ccc(C=C3Sc4ccccc4N(Cc4cccc(C)c4)C3=O)cc2)cc1. The molecule has 0 aliphatic carbocycles. The third-order valence-electron chi connectivity index (χ3n) is 6.55. The second-order valence-electron chi connectivity index (χ2n) is 9.57. The summed E-state index contributed by atoms with van der Waals surface area (Å²) in [7, 11) is 0. The van der Waals surface area contributed by atoms with Crippen molar-refractivity contribution in [2.75, 3.05) is 11.4 Å². The highest BCUT2D eigenvalue weighted by atomic mass is 32.2. The topological polar surface area (TPSA) is 49.4 Å². The number of hydrogen-bond donors (Lipinski definition) is 1. The van der Waals surface area contributed by atoms with Gasteiger partial charge in [-0.1, -0.05) is 95.7 Å². The van der Waals surface area contributed by atoms with Crippen LogP contribution in [-0.4, -0.2) is 18.4 Å². The molecule has 2 amide bonds. The number of carbonyl (C=O) groups excluding carboxylic acids is 2. The molecule has 0 unspecified atom stereocenters. The highest BCUT2D eigenvalue weighted by molar-refractivity contribution is 8.04. The van der Waals surface area contributed by atoms with Crippen molar-refractivity contribution >= 4 is 35.3 Å². The van der Waals surface area contributed by atoms with Crippen LogP contribution in [0.25, 0.3) is 6.08 Å². The quantitative estimate of drug-likeness (QED) is 0.269. The van der Waals surface area contributed by atoms with Crippen LogP contribution in [0.5, 0.6) is 0 Å². The van der Waals surface area contributed by atoms with E-state index in [9.17, 15) is 9.59 Å². The van der Waals surface area contributed by atoms with E-state index in [0.29, 0.717) is 23.6 Å². The first kappa shape index (κ1) is 25.6. The molecule has 38 heavy (non-hydrogen) atoms. The zero-order valence-electron chi connectivity index (χ0n) is 21.6. The Bertz CT molecular complexity index is 1490. The van der Waals surface area contributed by atoms with E-state index in [1.807, 2.05) is 65.6 Å². The Morgan fingerprint density at radius 3 is 2.37 bits per heavy atom. The second-order valence-corrected chi connectivity index (χ2v) is 10.7. The predicted octanol–water partition coefficient (Wildman–Crippen LogP) is 6.96. The highest BCUT2D eigenvalue weighted by Crippen LogP contribution is 2.42. The molecule has 4 aromatic rings. The van der Waals surface area contributed by atoms with Crippen LogP contribution >= 0.6 is 11.8 Å². The number of nitrogens with zero attached hydrogens (tertiary/aromatic N) is 1. The van der Waals surface area contributed by atoms with Gasteiger partial charge in [-0.15, -0.1) is 0 Å². The zero-order chi connectivity index (χ0) is 26.5. The highest BCUT2D eigenvalue weighted by Gasteiger charge is 2.29. The molecule has 5 heteroatoms. The number of fused-ring (bicyclic) bond motifs is 1. The molecule has 5 rings (SSSR count). The van der Waals surface area contributed by atoms with Crippen LogP contribution in [0.2, 0.25) is 0 Å². The Labute approximate surface area is 228 Å². The van der Waals surface area contributed by atoms with Gasteiger partial charge in [0.2, 0.25) is 0 Å². The van der Waals surface area contributed by atoms with Gasteiger partial charge in [0, 0.05) is 17.0 Å². The summed E-state index contributed by atoms with van der Waals surface area (Å²) in [5.74, 6) is -0.120. The van der Waals surface area contributed by atoms with Crippen LogP contribution in [0.4, 0.5) is 5.69 Å². The summed E-state index contributed by atoms with van der Waals surface area (Å²) in [4.78, 5) is 29.8. The van der Waals surface area contributed by atoms with Crippen LogP contribution in [0.3, 0.4) is 0 Å². The van der Waals surface area contributed by atoms with Gasteiger partial charge in [-0.25, -0.2) is 0 Å². The van der Waals surface area contributed by atoms with Gasteiger partial charge in [-0.2, -0.15) is 0 Å². The van der Waals surface area contributed by atoms with Crippen LogP contribution in [-0.2, 0) is 17.8 Å². The summed E-state index contributed by atoms with van der Waals surface area (Å²) < 4.78 is 0. The van der Waals surface area contributed by atoms with Crippen molar-refractivity contribution in [1.29, 1.82) is 0 Å². The minimum absolute atomic E-state index is 0.0202. The summed E-state index contributed by atoms with van der Waals surface area (Å²) in [6, 6.07) is 32.0. The van der Waals surface area contributed by atoms with Gasteiger partial charge in [0.15, 0.2) is 0 Å². The van der Waals surface area contributed by atoms with Crippen molar-refractivity contribution in [3.05, 3.63) is 135 Å². The average Bonchev–Trinajstić information content (AvgIpc) is 2.92. The number of nitrogens with one attached hydrogen (secondary N) is 1. The molecule has 0 saturated heterocycles. The Kier molecular flexibility index (Phi) is 7.75. The average molecular weight is 519 g/mol. The number of hydrogen-bond acceptors (Lipinski definition) is 3. The molecule has 1 aliphatic heterocycles. The minimum Gasteiger partial charge on any atom is -0.352 e. The van der Waals surface area contributed by atoms with Gasteiger partial charge in [-0.3, -0.25) is 9.59 Å². The molecule has 4 aromatic carbocycles. The molecule has 1 heterocycles. The summed E-state index contributed by atoms with van der Waals surface area (Å²) >= 11 is 1.49. The monoisotopic (exact) mass is 518 g/mol. The van der Waals surface area contributed by atoms with Gasteiger partial charge >= 0.3 is 0 Å². The van der Waals surface area contributed by atoms with Gasteiger partial charge in [-0.05, 0) is 67.3 Å². The van der Waals surface area contributed by atoms with Gasteiger partial charge < -0.3 is 10.2 Å². The summed E-state index contributed by atoms with van der Waals surface area (Å²) in [6.45, 7) is 5.21. The van der Waals surface area contributed by atoms with E-state index in [-0.39, 0.29) is 11.8 Å². The molecule has 0 bridgehead atoms. The van der Waals surface area contributed by atoms with Crippen molar-refractivity contribution in [3.63, 3.8) is 0 Å². The fourth-order valence-electron chi connectivity index (χ4n) is 4.47. The molecular weight excluding hydrogens is 488 g/mol. The number of carbonyl (C=O) groups is 2. The van der Waals surface area contributed by atoms with Gasteiger partial charge in [0.25, 0.3) is 11.8 Å². The Balaban J connectivity index is 1.29. The fourth-order valence-corrected chi connectivity index (χ4v) is 5.53. The molecule has 4 nitrogen and oxygen atoms in total. The van der Waals surface area contributed by atoms with Crippen LogP contribution in [0.15, 0.2) is 107 Å². The lowest BCUT2D eigenvalue weighted by Crippen LogP contribution is -2.33. The zero-order valence-corrected chi connectivity index (χ0v) is 22.4. The number of amides is 2. The van der Waals surface area contributed by atoms with Crippen LogP contribution in [0.1, 0.15) is 38.2 Å². The van der Waals surface area contributed by atoms with Crippen molar-refractivity contribution in [2.45, 2.75) is 31.7 Å². The van der Waals surface area contributed by atoms with Gasteiger partial charge in [0.05, 0.1) is 17.1 Å². The third-order valence-corrected chi connectivity index (χ3v) is 7.62. The Hall–Kier alpha value is -4.09. The molecule has 0 saturated carbocycles. The largest absolute Gasteiger partial charge is 0.352 e. The normalized spacial score (nSPS) is 13.9. The first-order valence-corrected chi connectivity index (χ1v) is 13.6. The lowest BCUT2D eigenvalue weighted by Gasteiger charge is -2.30. The van der Waals surface area contributed by atoms with Crippen molar-refractivity contribution in [2.24, 2.45) is 0 Å². The number of para-hydroxylation sites is 1. The molecule has 190 valence electrons.